The minimum Gasteiger partial charge on any atom is -0.481 e. The van der Waals surface area contributed by atoms with Crippen LogP contribution < -0.4 is 5.32 Å². The van der Waals surface area contributed by atoms with Gasteiger partial charge in [0.2, 0.25) is 0 Å². The molecular formula is C11H22N2O4. The molecule has 0 spiro atoms. The maximum Gasteiger partial charge on any atom is 0.317 e. The van der Waals surface area contributed by atoms with Crippen molar-refractivity contribution in [2.45, 2.75) is 39.8 Å². The molecule has 0 fully saturated rings. The molecule has 2 amide bonds. The van der Waals surface area contributed by atoms with Gasteiger partial charge in [-0.05, 0) is 27.7 Å². The van der Waals surface area contributed by atoms with Crippen LogP contribution in [0, 0.1) is 5.92 Å². The molecule has 6 nitrogen and oxygen atoms in total. The zero-order valence-corrected chi connectivity index (χ0v) is 10.8. The predicted molar refractivity (Wildman–Crippen MR) is 63.7 cm³/mol. The number of carbonyl (C=O) groups is 2. The van der Waals surface area contributed by atoms with Gasteiger partial charge in [-0.2, -0.15) is 0 Å². The maximum absolute atomic E-state index is 11.8. The van der Waals surface area contributed by atoms with E-state index in [4.69, 9.17) is 10.2 Å². The highest BCUT2D eigenvalue weighted by molar-refractivity contribution is 5.76. The molecule has 0 bridgehead atoms. The van der Waals surface area contributed by atoms with Crippen molar-refractivity contribution < 1.29 is 19.8 Å². The van der Waals surface area contributed by atoms with Crippen LogP contribution in [-0.4, -0.2) is 52.3 Å². The Kier molecular flexibility index (Phi) is 6.57. The Morgan fingerprint density at radius 1 is 1.24 bits per heavy atom. The molecule has 0 aromatic heterocycles. The molecule has 0 radical (unpaired) electrons. The van der Waals surface area contributed by atoms with Crippen LogP contribution in [0.1, 0.15) is 27.7 Å². The lowest BCUT2D eigenvalue weighted by Gasteiger charge is -2.28. The smallest absolute Gasteiger partial charge is 0.317 e. The Balaban J connectivity index is 4.44. The van der Waals surface area contributed by atoms with Crippen LogP contribution in [0.2, 0.25) is 0 Å². The third-order valence-corrected chi connectivity index (χ3v) is 2.72. The normalized spacial score (nSPS) is 14.2. The molecule has 0 saturated heterocycles. The molecule has 0 aliphatic carbocycles. The zero-order chi connectivity index (χ0) is 13.6. The van der Waals surface area contributed by atoms with Gasteiger partial charge in [0.15, 0.2) is 0 Å². The van der Waals surface area contributed by atoms with Crippen molar-refractivity contribution in [3.63, 3.8) is 0 Å². The Bertz CT molecular complexity index is 268. The molecule has 0 heterocycles. The number of nitrogens with zero attached hydrogens (tertiary/aromatic N) is 1. The van der Waals surface area contributed by atoms with E-state index in [1.54, 1.807) is 13.8 Å². The molecule has 0 saturated carbocycles. The largest absolute Gasteiger partial charge is 0.481 e. The lowest BCUT2D eigenvalue weighted by molar-refractivity contribution is -0.141. The van der Waals surface area contributed by atoms with E-state index in [9.17, 15) is 9.59 Å². The quantitative estimate of drug-likeness (QED) is 0.637. The van der Waals surface area contributed by atoms with Crippen LogP contribution in [0.3, 0.4) is 0 Å². The Morgan fingerprint density at radius 2 is 1.76 bits per heavy atom. The van der Waals surface area contributed by atoms with E-state index in [1.165, 1.54) is 4.90 Å². The first-order chi connectivity index (χ1) is 7.81. The molecule has 0 aromatic carbocycles. The minimum atomic E-state index is -0.948. The highest BCUT2D eigenvalue weighted by atomic mass is 16.4. The first-order valence-electron chi connectivity index (χ1n) is 5.72. The number of rotatable bonds is 6. The van der Waals surface area contributed by atoms with Gasteiger partial charge in [-0.3, -0.25) is 4.79 Å². The Labute approximate surface area is 102 Å². The molecule has 2 atom stereocenters. The average molecular weight is 246 g/mol. The molecule has 2 unspecified atom stereocenters. The highest BCUT2D eigenvalue weighted by Crippen LogP contribution is 2.05. The summed E-state index contributed by atoms with van der Waals surface area (Å²) in [5, 5.41) is 20.3. The lowest BCUT2D eigenvalue weighted by atomic mass is 10.0. The van der Waals surface area contributed by atoms with E-state index >= 15 is 0 Å². The molecule has 3 N–H and O–H groups in total. The summed E-state index contributed by atoms with van der Waals surface area (Å²) in [7, 11) is 0. The number of aliphatic hydroxyl groups excluding tert-OH is 1. The summed E-state index contributed by atoms with van der Waals surface area (Å²) in [6.07, 6.45) is 0. The van der Waals surface area contributed by atoms with Crippen molar-refractivity contribution in [1.29, 1.82) is 0 Å². The number of carboxylic acid groups (broad SMARTS) is 1. The summed E-state index contributed by atoms with van der Waals surface area (Å²) in [6.45, 7) is 6.97. The second kappa shape index (κ2) is 7.11. The van der Waals surface area contributed by atoms with Crippen LogP contribution in [0.15, 0.2) is 0 Å². The van der Waals surface area contributed by atoms with Crippen molar-refractivity contribution in [2.75, 3.05) is 13.2 Å². The SMILES string of the molecule is CC(NC(=O)N(CCO)C(C)C)C(C)C(=O)O. The number of hydrogen-bond donors (Lipinski definition) is 3. The van der Waals surface area contributed by atoms with Crippen molar-refractivity contribution in [1.82, 2.24) is 10.2 Å². The maximum atomic E-state index is 11.8. The van der Waals surface area contributed by atoms with Gasteiger partial charge >= 0.3 is 12.0 Å². The number of hydrogen-bond acceptors (Lipinski definition) is 3. The molecule has 100 valence electrons. The summed E-state index contributed by atoms with van der Waals surface area (Å²) in [6, 6.07) is -0.857. The average Bonchev–Trinajstić information content (AvgIpc) is 2.23. The van der Waals surface area contributed by atoms with Gasteiger partial charge in [0, 0.05) is 18.6 Å². The van der Waals surface area contributed by atoms with E-state index in [1.807, 2.05) is 13.8 Å². The first-order valence-corrected chi connectivity index (χ1v) is 5.72. The van der Waals surface area contributed by atoms with Gasteiger partial charge in [0.25, 0.3) is 0 Å². The fourth-order valence-corrected chi connectivity index (χ4v) is 1.32. The number of amides is 2. The van der Waals surface area contributed by atoms with Gasteiger partial charge in [-0.15, -0.1) is 0 Å². The third kappa shape index (κ3) is 5.04. The van der Waals surface area contributed by atoms with Crippen LogP contribution in [0.5, 0.6) is 0 Å². The number of aliphatic carboxylic acids is 1. The van der Waals surface area contributed by atoms with Crippen LogP contribution in [-0.2, 0) is 4.79 Å². The van der Waals surface area contributed by atoms with Gasteiger partial charge in [0.1, 0.15) is 0 Å². The monoisotopic (exact) mass is 246 g/mol. The molecule has 17 heavy (non-hydrogen) atoms. The van der Waals surface area contributed by atoms with Gasteiger partial charge in [-0.1, -0.05) is 0 Å². The number of urea groups is 1. The molecule has 0 aliphatic rings. The molecule has 6 heteroatoms. The van der Waals surface area contributed by atoms with Crippen LogP contribution >= 0.6 is 0 Å². The number of carbonyl (C=O) groups excluding carboxylic acids is 1. The van der Waals surface area contributed by atoms with E-state index in [-0.39, 0.29) is 25.2 Å². The standard InChI is InChI=1S/C11H22N2O4/c1-7(2)13(5-6-14)11(17)12-9(4)8(3)10(15)16/h7-9,14H,5-6H2,1-4H3,(H,12,17)(H,15,16). The molecule has 0 aliphatic heterocycles. The second-order valence-corrected chi connectivity index (χ2v) is 4.38. The van der Waals surface area contributed by atoms with Crippen LogP contribution in [0.25, 0.3) is 0 Å². The lowest BCUT2D eigenvalue weighted by Crippen LogP contribution is -2.50. The third-order valence-electron chi connectivity index (χ3n) is 2.72. The fraction of sp³-hybridized carbons (Fsp3) is 0.818. The summed E-state index contributed by atoms with van der Waals surface area (Å²) in [5.74, 6) is -1.60. The first kappa shape index (κ1) is 15.7. The van der Waals surface area contributed by atoms with Gasteiger partial charge < -0.3 is 20.4 Å². The fourth-order valence-electron chi connectivity index (χ4n) is 1.32. The summed E-state index contributed by atoms with van der Waals surface area (Å²) >= 11 is 0. The summed E-state index contributed by atoms with van der Waals surface area (Å²) in [5.41, 5.74) is 0. The molecule has 0 aromatic rings. The Hall–Kier alpha value is -1.30. The number of aliphatic hydroxyl groups is 1. The van der Waals surface area contributed by atoms with E-state index < -0.39 is 17.9 Å². The van der Waals surface area contributed by atoms with Gasteiger partial charge in [-0.25, -0.2) is 4.79 Å². The van der Waals surface area contributed by atoms with Crippen molar-refractivity contribution in [3.8, 4) is 0 Å². The summed E-state index contributed by atoms with van der Waals surface area (Å²) < 4.78 is 0. The van der Waals surface area contributed by atoms with Crippen molar-refractivity contribution >= 4 is 12.0 Å². The summed E-state index contributed by atoms with van der Waals surface area (Å²) in [4.78, 5) is 24.0. The highest BCUT2D eigenvalue weighted by Gasteiger charge is 2.24. The van der Waals surface area contributed by atoms with E-state index in [0.717, 1.165) is 0 Å². The van der Waals surface area contributed by atoms with Crippen molar-refractivity contribution in [2.24, 2.45) is 5.92 Å². The number of nitrogens with one attached hydrogen (secondary N) is 1. The Morgan fingerprint density at radius 3 is 2.12 bits per heavy atom. The minimum absolute atomic E-state index is 0.0468. The number of carboxylic acids is 1. The van der Waals surface area contributed by atoms with E-state index in [0.29, 0.717) is 0 Å². The zero-order valence-electron chi connectivity index (χ0n) is 10.8. The van der Waals surface area contributed by atoms with Crippen molar-refractivity contribution in [3.05, 3.63) is 0 Å². The predicted octanol–water partition coefficient (Wildman–Crippen LogP) is 0.508. The van der Waals surface area contributed by atoms with Gasteiger partial charge in [0.05, 0.1) is 12.5 Å². The molecular weight excluding hydrogens is 224 g/mol. The topological polar surface area (TPSA) is 89.9 Å². The second-order valence-electron chi connectivity index (χ2n) is 4.38. The van der Waals surface area contributed by atoms with E-state index in [2.05, 4.69) is 5.32 Å². The van der Waals surface area contributed by atoms with Crippen LogP contribution in [0.4, 0.5) is 4.79 Å². The molecule has 0 rings (SSSR count).